The van der Waals surface area contributed by atoms with Crippen LogP contribution in [0, 0.1) is 5.92 Å². The molecule has 4 nitrogen and oxygen atoms in total. The van der Waals surface area contributed by atoms with E-state index in [1.807, 2.05) is 0 Å². The zero-order valence-electron chi connectivity index (χ0n) is 7.71. The molecule has 13 heavy (non-hydrogen) atoms. The zero-order valence-corrected chi connectivity index (χ0v) is 7.71. The molecule has 0 aliphatic carbocycles. The van der Waals surface area contributed by atoms with Crippen LogP contribution in [-0.2, 0) is 9.53 Å². The summed E-state index contributed by atoms with van der Waals surface area (Å²) in [5.41, 5.74) is 0. The quantitative estimate of drug-likeness (QED) is 0.577. The van der Waals surface area contributed by atoms with Gasteiger partial charge in [0.15, 0.2) is 0 Å². The van der Waals surface area contributed by atoms with E-state index in [-0.39, 0.29) is 18.6 Å². The van der Waals surface area contributed by atoms with Gasteiger partial charge in [-0.25, -0.2) is 0 Å². The largest absolute Gasteiger partial charge is 0.366 e. The van der Waals surface area contributed by atoms with Gasteiger partial charge in [0.25, 0.3) is 0 Å². The first-order chi connectivity index (χ1) is 6.36. The highest BCUT2D eigenvalue weighted by molar-refractivity contribution is 5.77. The molecule has 0 aromatic heterocycles. The first kappa shape index (κ1) is 8.97. The van der Waals surface area contributed by atoms with Crippen LogP contribution in [0.1, 0.15) is 12.8 Å². The molecule has 2 saturated heterocycles. The predicted octanol–water partition coefficient (Wildman–Crippen LogP) is -0.499. The van der Waals surface area contributed by atoms with Gasteiger partial charge in [0.05, 0.1) is 6.10 Å². The van der Waals surface area contributed by atoms with Crippen molar-refractivity contribution < 1.29 is 9.53 Å². The lowest BCUT2D eigenvalue weighted by molar-refractivity contribution is -0.135. The minimum absolute atomic E-state index is 0.0187. The second kappa shape index (κ2) is 4.07. The molecule has 2 N–H and O–H groups in total. The molecule has 2 rings (SSSR count). The molecule has 0 radical (unpaired) electrons. The average Bonchev–Trinajstić information content (AvgIpc) is 2.20. The van der Waals surface area contributed by atoms with Crippen molar-refractivity contribution in [3.63, 3.8) is 0 Å². The number of carbonyl (C=O) groups excluding carboxylic acids is 1. The normalized spacial score (nSPS) is 31.4. The fourth-order valence-corrected chi connectivity index (χ4v) is 2.03. The molecule has 2 heterocycles. The lowest BCUT2D eigenvalue weighted by atomic mass is 9.91. The Kier molecular flexibility index (Phi) is 2.80. The van der Waals surface area contributed by atoms with Gasteiger partial charge in [0, 0.05) is 6.54 Å². The third kappa shape index (κ3) is 2.19. The Morgan fingerprint density at radius 1 is 1.31 bits per heavy atom. The van der Waals surface area contributed by atoms with Crippen molar-refractivity contribution in [1.29, 1.82) is 0 Å². The van der Waals surface area contributed by atoms with Crippen LogP contribution in [0.15, 0.2) is 0 Å². The summed E-state index contributed by atoms with van der Waals surface area (Å²) in [6, 6.07) is 0. The van der Waals surface area contributed by atoms with Gasteiger partial charge in [-0.3, -0.25) is 4.79 Å². The molecule has 0 aromatic rings. The van der Waals surface area contributed by atoms with Gasteiger partial charge in [0.1, 0.15) is 6.61 Å². The van der Waals surface area contributed by atoms with Gasteiger partial charge in [-0.1, -0.05) is 0 Å². The molecule has 2 fully saturated rings. The predicted molar refractivity (Wildman–Crippen MR) is 48.3 cm³/mol. The fourth-order valence-electron chi connectivity index (χ4n) is 2.03. The summed E-state index contributed by atoms with van der Waals surface area (Å²) in [5, 5.41) is 6.16. The monoisotopic (exact) mass is 184 g/mol. The molecule has 0 bridgehead atoms. The van der Waals surface area contributed by atoms with Crippen LogP contribution in [0.2, 0.25) is 0 Å². The van der Waals surface area contributed by atoms with E-state index in [4.69, 9.17) is 4.74 Å². The van der Waals surface area contributed by atoms with Gasteiger partial charge in [0.2, 0.25) is 5.91 Å². The van der Waals surface area contributed by atoms with E-state index in [1.54, 1.807) is 0 Å². The zero-order chi connectivity index (χ0) is 9.10. The Labute approximate surface area is 78.0 Å². The van der Waals surface area contributed by atoms with E-state index < -0.39 is 0 Å². The molecular weight excluding hydrogens is 168 g/mol. The number of hydrogen-bond donors (Lipinski definition) is 2. The maximum atomic E-state index is 10.8. The number of ether oxygens (including phenoxy) is 1. The number of carbonyl (C=O) groups is 1. The number of morpholine rings is 1. The van der Waals surface area contributed by atoms with Crippen molar-refractivity contribution in [2.24, 2.45) is 5.92 Å². The summed E-state index contributed by atoms with van der Waals surface area (Å²) in [4.78, 5) is 10.8. The number of amides is 1. The number of piperidine rings is 1. The maximum Gasteiger partial charge on any atom is 0.246 e. The van der Waals surface area contributed by atoms with Crippen LogP contribution in [0.5, 0.6) is 0 Å². The third-order valence-corrected chi connectivity index (χ3v) is 2.84. The summed E-state index contributed by atoms with van der Waals surface area (Å²) in [5.74, 6) is 0.645. The van der Waals surface area contributed by atoms with Crippen LogP contribution in [-0.4, -0.2) is 38.3 Å². The molecule has 0 spiro atoms. The van der Waals surface area contributed by atoms with Crippen LogP contribution in [0.3, 0.4) is 0 Å². The SMILES string of the molecule is O=C1CO[C@@H](C2CCNCC2)CN1. The summed E-state index contributed by atoms with van der Waals surface area (Å²) in [6.07, 6.45) is 2.58. The lowest BCUT2D eigenvalue weighted by Gasteiger charge is -2.33. The standard InChI is InChI=1S/C9H16N2O2/c12-9-6-13-8(5-11-9)7-1-3-10-4-2-7/h7-8,10H,1-6H2,(H,11,12)/t8-/m1/s1. The molecule has 1 amide bonds. The van der Waals surface area contributed by atoms with E-state index in [9.17, 15) is 4.79 Å². The van der Waals surface area contributed by atoms with E-state index >= 15 is 0 Å². The third-order valence-electron chi connectivity index (χ3n) is 2.84. The maximum absolute atomic E-state index is 10.8. The van der Waals surface area contributed by atoms with Crippen molar-refractivity contribution >= 4 is 5.91 Å². The summed E-state index contributed by atoms with van der Waals surface area (Å²) >= 11 is 0. The molecule has 0 saturated carbocycles. The molecular formula is C9H16N2O2. The Hall–Kier alpha value is -0.610. The number of hydrogen-bond acceptors (Lipinski definition) is 3. The van der Waals surface area contributed by atoms with Gasteiger partial charge in [-0.05, 0) is 31.8 Å². The second-order valence-corrected chi connectivity index (χ2v) is 3.74. The Morgan fingerprint density at radius 3 is 2.69 bits per heavy atom. The summed E-state index contributed by atoms with van der Waals surface area (Å²) in [6.45, 7) is 3.11. The van der Waals surface area contributed by atoms with Crippen molar-refractivity contribution in [1.82, 2.24) is 10.6 Å². The smallest absolute Gasteiger partial charge is 0.246 e. The van der Waals surface area contributed by atoms with Crippen LogP contribution in [0.25, 0.3) is 0 Å². The highest BCUT2D eigenvalue weighted by Gasteiger charge is 2.27. The number of nitrogens with one attached hydrogen (secondary N) is 2. The molecule has 2 aliphatic heterocycles. The van der Waals surface area contributed by atoms with Gasteiger partial charge in [-0.2, -0.15) is 0 Å². The highest BCUT2D eigenvalue weighted by atomic mass is 16.5. The average molecular weight is 184 g/mol. The van der Waals surface area contributed by atoms with Crippen molar-refractivity contribution in [2.45, 2.75) is 18.9 Å². The Balaban J connectivity index is 1.82. The molecule has 2 aliphatic rings. The van der Waals surface area contributed by atoms with E-state index in [0.717, 1.165) is 13.1 Å². The summed E-state index contributed by atoms with van der Waals surface area (Å²) < 4.78 is 5.49. The number of rotatable bonds is 1. The van der Waals surface area contributed by atoms with Gasteiger partial charge < -0.3 is 15.4 Å². The van der Waals surface area contributed by atoms with E-state index in [0.29, 0.717) is 12.5 Å². The first-order valence-corrected chi connectivity index (χ1v) is 4.95. The molecule has 0 aromatic carbocycles. The van der Waals surface area contributed by atoms with Crippen molar-refractivity contribution in [3.8, 4) is 0 Å². The van der Waals surface area contributed by atoms with Crippen LogP contribution >= 0.6 is 0 Å². The van der Waals surface area contributed by atoms with Crippen molar-refractivity contribution in [3.05, 3.63) is 0 Å². The Morgan fingerprint density at radius 2 is 2.08 bits per heavy atom. The van der Waals surface area contributed by atoms with Crippen molar-refractivity contribution in [2.75, 3.05) is 26.2 Å². The molecule has 74 valence electrons. The van der Waals surface area contributed by atoms with Gasteiger partial charge >= 0.3 is 0 Å². The summed E-state index contributed by atoms with van der Waals surface area (Å²) in [7, 11) is 0. The highest BCUT2D eigenvalue weighted by Crippen LogP contribution is 2.19. The first-order valence-electron chi connectivity index (χ1n) is 4.95. The lowest BCUT2D eigenvalue weighted by Crippen LogP contribution is -2.48. The van der Waals surface area contributed by atoms with E-state index in [1.165, 1.54) is 12.8 Å². The van der Waals surface area contributed by atoms with E-state index in [2.05, 4.69) is 10.6 Å². The second-order valence-electron chi connectivity index (χ2n) is 3.74. The minimum Gasteiger partial charge on any atom is -0.366 e. The fraction of sp³-hybridized carbons (Fsp3) is 0.889. The van der Waals surface area contributed by atoms with Crippen LogP contribution in [0.4, 0.5) is 0 Å². The molecule has 4 heteroatoms. The Bertz CT molecular complexity index is 180. The van der Waals surface area contributed by atoms with Crippen LogP contribution < -0.4 is 10.6 Å². The minimum atomic E-state index is 0.0187. The topological polar surface area (TPSA) is 50.4 Å². The molecule has 1 atom stereocenters. The molecule has 0 unspecified atom stereocenters. The van der Waals surface area contributed by atoms with Gasteiger partial charge in [-0.15, -0.1) is 0 Å².